The highest BCUT2D eigenvalue weighted by Crippen LogP contribution is 2.13. The Morgan fingerprint density at radius 2 is 1.26 bits per heavy atom. The molecule has 1 fully saturated rings. The van der Waals surface area contributed by atoms with E-state index in [2.05, 4.69) is 0 Å². The summed E-state index contributed by atoms with van der Waals surface area (Å²) in [6.07, 6.45) is 0. The summed E-state index contributed by atoms with van der Waals surface area (Å²) >= 11 is 0. The number of aliphatic hydroxyl groups is 1. The van der Waals surface area contributed by atoms with Crippen LogP contribution in [-0.2, 0) is 38.0 Å². The number of esters is 1. The van der Waals surface area contributed by atoms with Gasteiger partial charge in [0.05, 0.1) is 72.7 Å². The van der Waals surface area contributed by atoms with E-state index in [1.165, 1.54) is 6.92 Å². The molecule has 160 valence electrons. The summed E-state index contributed by atoms with van der Waals surface area (Å²) in [7, 11) is 0. The second-order valence-corrected chi connectivity index (χ2v) is 6.87. The molecule has 9 heteroatoms. The fraction of sp³-hybridized carbons (Fsp3) is 0.944. The van der Waals surface area contributed by atoms with Crippen molar-refractivity contribution in [1.29, 1.82) is 0 Å². The fourth-order valence-corrected chi connectivity index (χ4v) is 2.22. The average molecular weight is 394 g/mol. The monoisotopic (exact) mass is 394 g/mol. The van der Waals surface area contributed by atoms with Crippen molar-refractivity contribution >= 4 is 5.97 Å². The molecule has 0 aromatic heterocycles. The maximum Gasteiger partial charge on any atom is 0.302 e. The molecule has 1 N–H and O–H groups in total. The Balaban J connectivity index is 2.52. The second kappa shape index (κ2) is 13.4. The van der Waals surface area contributed by atoms with E-state index in [9.17, 15) is 9.90 Å². The minimum absolute atomic E-state index is 0.0860. The lowest BCUT2D eigenvalue weighted by Gasteiger charge is -2.30. The van der Waals surface area contributed by atoms with Crippen LogP contribution in [0.4, 0.5) is 0 Å². The number of aliphatic hydroxyl groups excluding tert-OH is 1. The van der Waals surface area contributed by atoms with Crippen LogP contribution in [0.3, 0.4) is 0 Å². The van der Waals surface area contributed by atoms with E-state index in [1.807, 2.05) is 6.92 Å². The normalized spacial score (nSPS) is 30.8. The number of ether oxygens (including phenoxy) is 7. The zero-order valence-corrected chi connectivity index (χ0v) is 16.7. The first kappa shape index (κ1) is 24.2. The minimum Gasteiger partial charge on any atom is -0.463 e. The number of carbonyl (C=O) groups excluding carboxylic acids is 1. The second-order valence-electron chi connectivity index (χ2n) is 6.87. The van der Waals surface area contributed by atoms with E-state index in [0.29, 0.717) is 52.9 Å². The lowest BCUT2D eigenvalue weighted by molar-refractivity contribution is -0.164. The number of rotatable bonds is 3. The van der Waals surface area contributed by atoms with Crippen molar-refractivity contribution in [1.82, 2.24) is 0 Å². The first-order valence-corrected chi connectivity index (χ1v) is 9.22. The molecule has 0 unspecified atom stereocenters. The maximum atomic E-state index is 11.1. The summed E-state index contributed by atoms with van der Waals surface area (Å²) in [6, 6.07) is 0. The van der Waals surface area contributed by atoms with Crippen molar-refractivity contribution in [2.24, 2.45) is 0 Å². The van der Waals surface area contributed by atoms with Crippen molar-refractivity contribution in [2.45, 2.75) is 32.0 Å². The predicted molar refractivity (Wildman–Crippen MR) is 95.7 cm³/mol. The Kier molecular flexibility index (Phi) is 12.0. The highest BCUT2D eigenvalue weighted by Gasteiger charge is 2.28. The van der Waals surface area contributed by atoms with Gasteiger partial charge < -0.3 is 38.3 Å². The molecule has 1 rings (SSSR count). The molecule has 27 heavy (non-hydrogen) atoms. The van der Waals surface area contributed by atoms with Gasteiger partial charge in [-0.15, -0.1) is 0 Å². The Hall–Kier alpha value is -0.810. The van der Waals surface area contributed by atoms with Gasteiger partial charge in [0.25, 0.3) is 0 Å². The first-order valence-electron chi connectivity index (χ1n) is 9.22. The number of hydrogen-bond donors (Lipinski definition) is 1. The van der Waals surface area contributed by atoms with Gasteiger partial charge in [0.1, 0.15) is 17.8 Å². The highest BCUT2D eigenvalue weighted by molar-refractivity contribution is 5.65. The maximum absolute atomic E-state index is 11.1. The standard InChI is InChI=1S/C18H34O9/c1-16(20)25-15-18(3)14-24-7-6-23-13-17(2,12-19)26-10-8-21-4-5-22-9-11-27-18/h19H,4-15H2,1-3H3/t17-,18+/m1/s1. The molecule has 0 radical (unpaired) electrons. The van der Waals surface area contributed by atoms with E-state index in [0.717, 1.165) is 0 Å². The van der Waals surface area contributed by atoms with Crippen LogP contribution in [0, 0.1) is 0 Å². The Morgan fingerprint density at radius 3 is 1.78 bits per heavy atom. The van der Waals surface area contributed by atoms with Crippen LogP contribution in [0.2, 0.25) is 0 Å². The van der Waals surface area contributed by atoms with Gasteiger partial charge in [-0.3, -0.25) is 4.79 Å². The molecule has 0 saturated carbocycles. The van der Waals surface area contributed by atoms with Crippen molar-refractivity contribution in [3.8, 4) is 0 Å². The van der Waals surface area contributed by atoms with Crippen LogP contribution in [0.5, 0.6) is 0 Å². The number of hydrogen-bond acceptors (Lipinski definition) is 9. The molecule has 0 aliphatic carbocycles. The molecule has 9 nitrogen and oxygen atoms in total. The summed E-state index contributed by atoms with van der Waals surface area (Å²) < 4.78 is 38.6. The largest absolute Gasteiger partial charge is 0.463 e. The van der Waals surface area contributed by atoms with Gasteiger partial charge in [0.15, 0.2) is 0 Å². The van der Waals surface area contributed by atoms with E-state index in [-0.39, 0.29) is 32.4 Å². The zero-order chi connectivity index (χ0) is 20.0. The Morgan fingerprint density at radius 1 is 0.815 bits per heavy atom. The molecule has 0 aromatic rings. The summed E-state index contributed by atoms with van der Waals surface area (Å²) in [6.45, 7) is 8.36. The molecule has 1 aliphatic heterocycles. The molecule has 1 aliphatic rings. The third-order valence-corrected chi connectivity index (χ3v) is 3.83. The molecule has 0 aromatic carbocycles. The van der Waals surface area contributed by atoms with Crippen LogP contribution < -0.4 is 0 Å². The van der Waals surface area contributed by atoms with Gasteiger partial charge in [-0.05, 0) is 13.8 Å². The lowest BCUT2D eigenvalue weighted by atomic mass is 10.1. The summed E-state index contributed by atoms with van der Waals surface area (Å²) in [5, 5.41) is 9.52. The topological polar surface area (TPSA) is 102 Å². The molecule has 0 spiro atoms. The summed E-state index contributed by atoms with van der Waals surface area (Å²) in [4.78, 5) is 11.1. The quantitative estimate of drug-likeness (QED) is 0.671. The Labute approximate surface area is 161 Å². The smallest absolute Gasteiger partial charge is 0.302 e. The first-order chi connectivity index (χ1) is 12.9. The van der Waals surface area contributed by atoms with E-state index in [4.69, 9.17) is 33.2 Å². The van der Waals surface area contributed by atoms with Crippen molar-refractivity contribution < 1.29 is 43.1 Å². The van der Waals surface area contributed by atoms with Crippen LogP contribution >= 0.6 is 0 Å². The van der Waals surface area contributed by atoms with Crippen molar-refractivity contribution in [3.63, 3.8) is 0 Å². The van der Waals surface area contributed by atoms with Gasteiger partial charge in [0.2, 0.25) is 0 Å². The summed E-state index contributed by atoms with van der Waals surface area (Å²) in [5.41, 5.74) is -1.57. The molecule has 0 amide bonds. The Bertz CT molecular complexity index is 406. The van der Waals surface area contributed by atoms with E-state index >= 15 is 0 Å². The zero-order valence-electron chi connectivity index (χ0n) is 16.7. The molecule has 2 atom stereocenters. The molecule has 0 bridgehead atoms. The van der Waals surface area contributed by atoms with Gasteiger partial charge in [-0.25, -0.2) is 0 Å². The SMILES string of the molecule is CC(=O)OC[C@]1(C)COCCOC[C@@](C)(CO)OCCOCCOCCO1. The lowest BCUT2D eigenvalue weighted by Crippen LogP contribution is -2.42. The van der Waals surface area contributed by atoms with Gasteiger partial charge in [-0.1, -0.05) is 0 Å². The van der Waals surface area contributed by atoms with Crippen molar-refractivity contribution in [3.05, 3.63) is 0 Å². The molecular weight excluding hydrogens is 360 g/mol. The third kappa shape index (κ3) is 11.6. The highest BCUT2D eigenvalue weighted by atomic mass is 16.6. The van der Waals surface area contributed by atoms with Gasteiger partial charge in [0, 0.05) is 6.92 Å². The van der Waals surface area contributed by atoms with Crippen LogP contribution in [0.15, 0.2) is 0 Å². The van der Waals surface area contributed by atoms with E-state index < -0.39 is 11.2 Å². The van der Waals surface area contributed by atoms with Crippen LogP contribution in [-0.4, -0.2) is 102 Å². The molecule has 1 saturated heterocycles. The fourth-order valence-electron chi connectivity index (χ4n) is 2.22. The molecule has 1 heterocycles. The van der Waals surface area contributed by atoms with Crippen LogP contribution in [0.25, 0.3) is 0 Å². The van der Waals surface area contributed by atoms with Crippen LogP contribution in [0.1, 0.15) is 20.8 Å². The van der Waals surface area contributed by atoms with Crippen molar-refractivity contribution in [2.75, 3.05) is 79.3 Å². The van der Waals surface area contributed by atoms with E-state index in [1.54, 1.807) is 6.92 Å². The molecular formula is C18H34O9. The predicted octanol–water partition coefficient (Wildman–Crippen LogP) is 0.172. The average Bonchev–Trinajstić information content (AvgIpc) is 2.64. The third-order valence-electron chi connectivity index (χ3n) is 3.83. The summed E-state index contributed by atoms with van der Waals surface area (Å²) in [5.74, 6) is -0.376. The minimum atomic E-state index is -0.793. The van der Waals surface area contributed by atoms with Gasteiger partial charge in [-0.2, -0.15) is 0 Å². The van der Waals surface area contributed by atoms with Gasteiger partial charge >= 0.3 is 5.97 Å². The number of carbonyl (C=O) groups is 1.